The second-order valence-electron chi connectivity index (χ2n) is 7.40. The molecule has 0 amide bonds. The zero-order valence-electron chi connectivity index (χ0n) is 18.3. The zero-order valence-corrected chi connectivity index (χ0v) is 19.0. The monoisotopic (exact) mass is 446 g/mol. The van der Waals surface area contributed by atoms with Gasteiger partial charge < -0.3 is 30.1 Å². The highest BCUT2D eigenvalue weighted by atomic mass is 35.5. The van der Waals surface area contributed by atoms with Crippen molar-refractivity contribution in [1.82, 2.24) is 10.6 Å². The van der Waals surface area contributed by atoms with Crippen LogP contribution in [0.2, 0.25) is 5.02 Å². The fourth-order valence-electron chi connectivity index (χ4n) is 3.67. The van der Waals surface area contributed by atoms with E-state index in [1.807, 2.05) is 25.1 Å². The van der Waals surface area contributed by atoms with Crippen molar-refractivity contribution < 1.29 is 14.6 Å². The average molecular weight is 447 g/mol. The molecule has 3 N–H and O–H groups in total. The molecule has 1 heterocycles. The van der Waals surface area contributed by atoms with Crippen LogP contribution in [0, 0.1) is 0 Å². The molecule has 2 aromatic carbocycles. The van der Waals surface area contributed by atoms with Gasteiger partial charge in [-0.25, -0.2) is 0 Å². The normalized spacial score (nSPS) is 17.4. The third-order valence-electron chi connectivity index (χ3n) is 5.26. The van der Waals surface area contributed by atoms with Crippen LogP contribution in [0.4, 0.5) is 5.69 Å². The Hall–Kier alpha value is -2.64. The van der Waals surface area contributed by atoms with Crippen molar-refractivity contribution in [2.75, 3.05) is 45.3 Å². The van der Waals surface area contributed by atoms with Crippen LogP contribution in [0.15, 0.2) is 47.5 Å². The maximum absolute atomic E-state index is 10.7. The van der Waals surface area contributed by atoms with Gasteiger partial charge in [0.25, 0.3) is 0 Å². The average Bonchev–Trinajstić information content (AvgIpc) is 3.25. The third kappa shape index (κ3) is 6.18. The number of aliphatic hydroxyl groups is 1. The second kappa shape index (κ2) is 11.1. The van der Waals surface area contributed by atoms with Crippen LogP contribution in [0.3, 0.4) is 0 Å². The molecule has 1 fully saturated rings. The minimum Gasteiger partial charge on any atom is -0.497 e. The van der Waals surface area contributed by atoms with E-state index < -0.39 is 6.10 Å². The lowest BCUT2D eigenvalue weighted by Crippen LogP contribution is -2.44. The molecule has 2 unspecified atom stereocenters. The van der Waals surface area contributed by atoms with Crippen molar-refractivity contribution in [2.24, 2.45) is 4.99 Å². The molecule has 7 nitrogen and oxygen atoms in total. The predicted octanol–water partition coefficient (Wildman–Crippen LogP) is 3.22. The topological polar surface area (TPSA) is 78.4 Å². The molecule has 2 atom stereocenters. The molecule has 0 bridgehead atoms. The second-order valence-corrected chi connectivity index (χ2v) is 7.84. The van der Waals surface area contributed by atoms with Crippen LogP contribution >= 0.6 is 11.6 Å². The maximum Gasteiger partial charge on any atom is 0.191 e. The molecule has 3 rings (SSSR count). The van der Waals surface area contributed by atoms with Gasteiger partial charge in [-0.05, 0) is 49.7 Å². The van der Waals surface area contributed by atoms with Gasteiger partial charge in [0.2, 0.25) is 0 Å². The Bertz CT molecular complexity index is 893. The van der Waals surface area contributed by atoms with E-state index in [1.54, 1.807) is 32.4 Å². The summed E-state index contributed by atoms with van der Waals surface area (Å²) in [5.74, 6) is 1.95. The Morgan fingerprint density at radius 2 is 2.10 bits per heavy atom. The van der Waals surface area contributed by atoms with Crippen LogP contribution in [0.1, 0.15) is 25.0 Å². The van der Waals surface area contributed by atoms with Crippen molar-refractivity contribution in [3.8, 4) is 11.5 Å². The first-order valence-corrected chi connectivity index (χ1v) is 10.9. The lowest BCUT2D eigenvalue weighted by molar-refractivity contribution is 0.182. The van der Waals surface area contributed by atoms with Gasteiger partial charge in [0.15, 0.2) is 5.96 Å². The van der Waals surface area contributed by atoms with E-state index in [4.69, 9.17) is 21.1 Å². The van der Waals surface area contributed by atoms with Gasteiger partial charge in [-0.1, -0.05) is 17.7 Å². The molecule has 1 aliphatic rings. The number of anilines is 1. The van der Waals surface area contributed by atoms with E-state index in [-0.39, 0.29) is 12.6 Å². The molecule has 168 valence electrons. The van der Waals surface area contributed by atoms with E-state index in [0.29, 0.717) is 23.0 Å². The van der Waals surface area contributed by atoms with Gasteiger partial charge in [0.05, 0.1) is 20.8 Å². The fourth-order valence-corrected chi connectivity index (χ4v) is 3.86. The number of benzene rings is 2. The van der Waals surface area contributed by atoms with Gasteiger partial charge in [-0.2, -0.15) is 0 Å². The molecule has 1 saturated heterocycles. The number of guanidine groups is 1. The van der Waals surface area contributed by atoms with Crippen molar-refractivity contribution in [2.45, 2.75) is 25.5 Å². The number of methoxy groups -OCH3 is 2. The smallest absolute Gasteiger partial charge is 0.191 e. The lowest BCUT2D eigenvalue weighted by atomic mass is 10.1. The molecule has 0 aromatic heterocycles. The largest absolute Gasteiger partial charge is 0.497 e. The van der Waals surface area contributed by atoms with Crippen molar-refractivity contribution in [3.05, 3.63) is 53.1 Å². The quantitative estimate of drug-likeness (QED) is 0.427. The van der Waals surface area contributed by atoms with Crippen LogP contribution in [-0.4, -0.2) is 57.5 Å². The number of rotatable bonds is 8. The first-order valence-electron chi connectivity index (χ1n) is 10.5. The number of hydrogen-bond acceptors (Lipinski definition) is 5. The van der Waals surface area contributed by atoms with E-state index in [2.05, 4.69) is 26.6 Å². The highest BCUT2D eigenvalue weighted by molar-refractivity contribution is 6.30. The molecule has 0 aliphatic carbocycles. The Balaban J connectivity index is 1.64. The summed E-state index contributed by atoms with van der Waals surface area (Å²) in [6.45, 7) is 4.75. The number of halogens is 1. The van der Waals surface area contributed by atoms with Crippen molar-refractivity contribution in [3.63, 3.8) is 0 Å². The van der Waals surface area contributed by atoms with E-state index >= 15 is 0 Å². The summed E-state index contributed by atoms with van der Waals surface area (Å²) in [5, 5.41) is 18.2. The zero-order chi connectivity index (χ0) is 22.2. The highest BCUT2D eigenvalue weighted by Gasteiger charge is 2.24. The first-order chi connectivity index (χ1) is 15.0. The van der Waals surface area contributed by atoms with Gasteiger partial charge in [0.1, 0.15) is 17.6 Å². The molecule has 2 aromatic rings. The van der Waals surface area contributed by atoms with E-state index in [1.165, 1.54) is 0 Å². The molecule has 8 heteroatoms. The summed E-state index contributed by atoms with van der Waals surface area (Å²) in [6, 6.07) is 13.5. The van der Waals surface area contributed by atoms with E-state index in [0.717, 1.165) is 36.8 Å². The third-order valence-corrected chi connectivity index (χ3v) is 5.50. The van der Waals surface area contributed by atoms with Gasteiger partial charge in [0, 0.05) is 41.9 Å². The molecular weight excluding hydrogens is 416 g/mol. The predicted molar refractivity (Wildman–Crippen MR) is 126 cm³/mol. The van der Waals surface area contributed by atoms with Crippen molar-refractivity contribution in [1.29, 1.82) is 0 Å². The Labute approximate surface area is 189 Å². The number of hydrogen-bond donors (Lipinski definition) is 3. The summed E-state index contributed by atoms with van der Waals surface area (Å²) in [6.07, 6.45) is 0.176. The lowest BCUT2D eigenvalue weighted by Gasteiger charge is -2.21. The van der Waals surface area contributed by atoms with Crippen LogP contribution < -0.4 is 25.0 Å². The SMILES string of the molecule is CCNC(=NCC(O)c1cc(OC)ccc1OC)NC1CCN(c2cccc(Cl)c2)C1. The van der Waals surface area contributed by atoms with Gasteiger partial charge in [-0.15, -0.1) is 0 Å². The minimum atomic E-state index is -0.813. The van der Waals surface area contributed by atoms with Gasteiger partial charge >= 0.3 is 0 Å². The molecule has 0 spiro atoms. The number of nitrogens with one attached hydrogen (secondary N) is 2. The van der Waals surface area contributed by atoms with Crippen LogP contribution in [0.5, 0.6) is 11.5 Å². The molecule has 1 aliphatic heterocycles. The summed E-state index contributed by atoms with van der Waals surface area (Å²) < 4.78 is 10.7. The standard InChI is InChI=1S/C23H31ClN4O3/c1-4-25-23(26-14-21(29)20-13-19(30-2)8-9-22(20)31-3)27-17-10-11-28(15-17)18-7-5-6-16(24)12-18/h5-9,12-13,17,21,29H,4,10-11,14-15H2,1-3H3,(H2,25,26,27). The van der Waals surface area contributed by atoms with E-state index in [9.17, 15) is 5.11 Å². The Kier molecular flexibility index (Phi) is 8.26. The number of ether oxygens (including phenoxy) is 2. The van der Waals surface area contributed by atoms with Crippen LogP contribution in [-0.2, 0) is 0 Å². The Morgan fingerprint density at radius 1 is 1.26 bits per heavy atom. The first kappa shape index (κ1) is 23.0. The number of aliphatic hydroxyl groups excluding tert-OH is 1. The van der Waals surface area contributed by atoms with Crippen LogP contribution in [0.25, 0.3) is 0 Å². The summed E-state index contributed by atoms with van der Waals surface area (Å²) in [5.41, 5.74) is 1.77. The Morgan fingerprint density at radius 3 is 2.81 bits per heavy atom. The summed E-state index contributed by atoms with van der Waals surface area (Å²) in [7, 11) is 3.18. The number of aliphatic imine (C=N–C) groups is 1. The summed E-state index contributed by atoms with van der Waals surface area (Å²) >= 11 is 6.14. The molecule has 0 radical (unpaired) electrons. The number of nitrogens with zero attached hydrogens (tertiary/aromatic N) is 2. The maximum atomic E-state index is 10.7. The highest BCUT2D eigenvalue weighted by Crippen LogP contribution is 2.29. The summed E-state index contributed by atoms with van der Waals surface area (Å²) in [4.78, 5) is 6.91. The van der Waals surface area contributed by atoms with Gasteiger partial charge in [-0.3, -0.25) is 4.99 Å². The molecule has 31 heavy (non-hydrogen) atoms. The fraction of sp³-hybridized carbons (Fsp3) is 0.435. The van der Waals surface area contributed by atoms with Crippen molar-refractivity contribution >= 4 is 23.2 Å². The minimum absolute atomic E-state index is 0.198. The molecular formula is C23H31ClN4O3. The molecule has 0 saturated carbocycles.